The van der Waals surface area contributed by atoms with Crippen molar-refractivity contribution in [3.05, 3.63) is 29.6 Å². The van der Waals surface area contributed by atoms with Crippen molar-refractivity contribution in [3.63, 3.8) is 0 Å². The molecular formula is C15H22FNO. The van der Waals surface area contributed by atoms with Crippen LogP contribution in [-0.4, -0.2) is 13.2 Å². The summed E-state index contributed by atoms with van der Waals surface area (Å²) in [7, 11) is 0. The fourth-order valence-electron chi connectivity index (χ4n) is 2.02. The van der Waals surface area contributed by atoms with Crippen molar-refractivity contribution < 1.29 is 9.13 Å². The largest absolute Gasteiger partial charge is 0.493 e. The van der Waals surface area contributed by atoms with Crippen LogP contribution in [0, 0.1) is 11.7 Å². The first-order valence-corrected chi connectivity index (χ1v) is 6.87. The number of benzene rings is 1. The fourth-order valence-corrected chi connectivity index (χ4v) is 2.02. The summed E-state index contributed by atoms with van der Waals surface area (Å²) in [6.07, 6.45) is 3.53. The van der Waals surface area contributed by atoms with Gasteiger partial charge in [0.2, 0.25) is 0 Å². The standard InChI is InChI=1S/C15H22FNO/c1-3-9-17-11(2)15-13(16)5-4-6-14(15)18-10-12-7-8-12/h4-6,11-12,17H,3,7-10H2,1-2H3. The smallest absolute Gasteiger partial charge is 0.131 e. The molecule has 2 rings (SSSR count). The second-order valence-corrected chi connectivity index (χ2v) is 5.08. The summed E-state index contributed by atoms with van der Waals surface area (Å²) >= 11 is 0. The Morgan fingerprint density at radius 1 is 1.44 bits per heavy atom. The van der Waals surface area contributed by atoms with Crippen LogP contribution in [0.1, 0.15) is 44.7 Å². The monoisotopic (exact) mass is 251 g/mol. The van der Waals surface area contributed by atoms with E-state index in [2.05, 4.69) is 12.2 Å². The molecule has 0 amide bonds. The zero-order valence-corrected chi connectivity index (χ0v) is 11.2. The molecule has 1 fully saturated rings. The minimum atomic E-state index is -0.181. The third-order valence-corrected chi connectivity index (χ3v) is 3.32. The molecule has 1 saturated carbocycles. The van der Waals surface area contributed by atoms with E-state index in [1.54, 1.807) is 6.07 Å². The highest BCUT2D eigenvalue weighted by molar-refractivity contribution is 5.37. The molecule has 1 unspecified atom stereocenters. The Hall–Kier alpha value is -1.09. The van der Waals surface area contributed by atoms with Crippen molar-refractivity contribution in [2.45, 2.75) is 39.2 Å². The third-order valence-electron chi connectivity index (χ3n) is 3.32. The molecule has 0 bridgehead atoms. The van der Waals surface area contributed by atoms with Gasteiger partial charge in [-0.25, -0.2) is 4.39 Å². The zero-order valence-electron chi connectivity index (χ0n) is 11.2. The van der Waals surface area contributed by atoms with Crippen molar-refractivity contribution in [1.29, 1.82) is 0 Å². The molecule has 2 nitrogen and oxygen atoms in total. The average molecular weight is 251 g/mol. The number of halogens is 1. The molecule has 0 heterocycles. The maximum atomic E-state index is 13.9. The summed E-state index contributed by atoms with van der Waals surface area (Å²) in [5.74, 6) is 1.19. The van der Waals surface area contributed by atoms with Crippen molar-refractivity contribution in [2.24, 2.45) is 5.92 Å². The molecule has 100 valence electrons. The van der Waals surface area contributed by atoms with E-state index in [1.165, 1.54) is 18.9 Å². The average Bonchev–Trinajstić information content (AvgIpc) is 3.17. The van der Waals surface area contributed by atoms with E-state index >= 15 is 0 Å². The summed E-state index contributed by atoms with van der Waals surface area (Å²) in [4.78, 5) is 0. The van der Waals surface area contributed by atoms with E-state index in [0.29, 0.717) is 17.2 Å². The normalized spacial score (nSPS) is 16.6. The number of ether oxygens (including phenoxy) is 1. The summed E-state index contributed by atoms with van der Waals surface area (Å²) in [5.41, 5.74) is 0.659. The molecule has 1 atom stereocenters. The summed E-state index contributed by atoms with van der Waals surface area (Å²) in [6.45, 7) is 5.69. The van der Waals surface area contributed by atoms with Crippen LogP contribution < -0.4 is 10.1 Å². The van der Waals surface area contributed by atoms with E-state index in [4.69, 9.17) is 4.74 Å². The lowest BCUT2D eigenvalue weighted by molar-refractivity contribution is 0.291. The Morgan fingerprint density at radius 3 is 2.89 bits per heavy atom. The van der Waals surface area contributed by atoms with Crippen LogP contribution >= 0.6 is 0 Å². The molecule has 1 aliphatic carbocycles. The molecule has 1 aromatic carbocycles. The first-order valence-electron chi connectivity index (χ1n) is 6.87. The second-order valence-electron chi connectivity index (χ2n) is 5.08. The van der Waals surface area contributed by atoms with Crippen molar-refractivity contribution in [2.75, 3.05) is 13.2 Å². The fraction of sp³-hybridized carbons (Fsp3) is 0.600. The minimum Gasteiger partial charge on any atom is -0.493 e. The summed E-state index contributed by atoms with van der Waals surface area (Å²) in [6, 6.07) is 5.07. The van der Waals surface area contributed by atoms with Crippen LogP contribution in [0.25, 0.3) is 0 Å². The minimum absolute atomic E-state index is 0.0136. The van der Waals surface area contributed by atoms with Crippen LogP contribution in [0.5, 0.6) is 5.75 Å². The molecule has 0 saturated heterocycles. The van der Waals surface area contributed by atoms with Crippen molar-refractivity contribution in [3.8, 4) is 5.75 Å². The third kappa shape index (κ3) is 3.45. The number of nitrogens with one attached hydrogen (secondary N) is 1. The van der Waals surface area contributed by atoms with E-state index in [9.17, 15) is 4.39 Å². The van der Waals surface area contributed by atoms with Gasteiger partial charge in [0.15, 0.2) is 0 Å². The van der Waals surface area contributed by atoms with E-state index in [1.807, 2.05) is 13.0 Å². The molecule has 0 spiro atoms. The Balaban J connectivity index is 2.08. The zero-order chi connectivity index (χ0) is 13.0. The van der Waals surface area contributed by atoms with Gasteiger partial charge in [-0.1, -0.05) is 13.0 Å². The van der Waals surface area contributed by atoms with Gasteiger partial charge < -0.3 is 10.1 Å². The Kier molecular flexibility index (Phi) is 4.59. The van der Waals surface area contributed by atoms with Crippen LogP contribution in [0.4, 0.5) is 4.39 Å². The highest BCUT2D eigenvalue weighted by atomic mass is 19.1. The van der Waals surface area contributed by atoms with Crippen LogP contribution in [-0.2, 0) is 0 Å². The van der Waals surface area contributed by atoms with Gasteiger partial charge in [-0.15, -0.1) is 0 Å². The lowest BCUT2D eigenvalue weighted by Gasteiger charge is -2.18. The predicted molar refractivity (Wildman–Crippen MR) is 71.3 cm³/mol. The highest BCUT2D eigenvalue weighted by Crippen LogP contribution is 2.32. The molecule has 1 N–H and O–H groups in total. The number of rotatable bonds is 7. The Morgan fingerprint density at radius 2 is 2.22 bits per heavy atom. The van der Waals surface area contributed by atoms with Crippen LogP contribution in [0.2, 0.25) is 0 Å². The quantitative estimate of drug-likeness (QED) is 0.798. The topological polar surface area (TPSA) is 21.3 Å². The van der Waals surface area contributed by atoms with Gasteiger partial charge in [0.25, 0.3) is 0 Å². The van der Waals surface area contributed by atoms with Gasteiger partial charge in [-0.2, -0.15) is 0 Å². The lowest BCUT2D eigenvalue weighted by atomic mass is 10.1. The van der Waals surface area contributed by atoms with Gasteiger partial charge in [0.1, 0.15) is 11.6 Å². The molecule has 18 heavy (non-hydrogen) atoms. The van der Waals surface area contributed by atoms with E-state index < -0.39 is 0 Å². The summed E-state index contributed by atoms with van der Waals surface area (Å²) < 4.78 is 19.7. The number of hydrogen-bond donors (Lipinski definition) is 1. The number of hydrogen-bond acceptors (Lipinski definition) is 2. The van der Waals surface area contributed by atoms with Gasteiger partial charge in [0.05, 0.1) is 6.61 Å². The van der Waals surface area contributed by atoms with Gasteiger partial charge in [-0.05, 0) is 50.8 Å². The SMILES string of the molecule is CCCNC(C)c1c(F)cccc1OCC1CC1. The van der Waals surface area contributed by atoms with Crippen molar-refractivity contribution >= 4 is 0 Å². The Labute approximate surface area is 109 Å². The predicted octanol–water partition coefficient (Wildman–Crippen LogP) is 3.68. The van der Waals surface area contributed by atoms with E-state index in [0.717, 1.165) is 19.6 Å². The van der Waals surface area contributed by atoms with Crippen LogP contribution in [0.15, 0.2) is 18.2 Å². The van der Waals surface area contributed by atoms with E-state index in [-0.39, 0.29) is 11.9 Å². The van der Waals surface area contributed by atoms with Crippen LogP contribution in [0.3, 0.4) is 0 Å². The van der Waals surface area contributed by atoms with Gasteiger partial charge in [-0.3, -0.25) is 0 Å². The molecule has 3 heteroatoms. The maximum Gasteiger partial charge on any atom is 0.131 e. The molecule has 0 aliphatic heterocycles. The van der Waals surface area contributed by atoms with Gasteiger partial charge in [0, 0.05) is 11.6 Å². The first-order chi connectivity index (χ1) is 8.72. The maximum absolute atomic E-state index is 13.9. The molecule has 1 aromatic rings. The molecular weight excluding hydrogens is 229 g/mol. The lowest BCUT2D eigenvalue weighted by Crippen LogP contribution is -2.21. The molecule has 0 aromatic heterocycles. The highest BCUT2D eigenvalue weighted by Gasteiger charge is 2.23. The van der Waals surface area contributed by atoms with Gasteiger partial charge >= 0.3 is 0 Å². The first kappa shape index (κ1) is 13.3. The summed E-state index contributed by atoms with van der Waals surface area (Å²) in [5, 5.41) is 3.31. The molecule has 0 radical (unpaired) electrons. The van der Waals surface area contributed by atoms with Crippen molar-refractivity contribution in [1.82, 2.24) is 5.32 Å². The second kappa shape index (κ2) is 6.19. The molecule has 1 aliphatic rings. The Bertz CT molecular complexity index is 390.